The van der Waals surface area contributed by atoms with Gasteiger partial charge >= 0.3 is 18.1 Å². The lowest BCUT2D eigenvalue weighted by atomic mass is 10.1. The van der Waals surface area contributed by atoms with Gasteiger partial charge < -0.3 is 21.3 Å². The van der Waals surface area contributed by atoms with Crippen molar-refractivity contribution in [2.75, 3.05) is 18.1 Å². The zero-order chi connectivity index (χ0) is 17.8. The Kier molecular flexibility index (Phi) is 12.5. The summed E-state index contributed by atoms with van der Waals surface area (Å²) in [6.07, 6.45) is -4.73. The third kappa shape index (κ3) is 14.9. The summed E-state index contributed by atoms with van der Waals surface area (Å²) >= 11 is 1.75. The predicted molar refractivity (Wildman–Crippen MR) is 74.5 cm³/mol. The minimum Gasteiger partial charge on any atom is -0.480 e. The van der Waals surface area contributed by atoms with Crippen LogP contribution in [0.4, 0.5) is 13.2 Å². The standard InChI is InChI=1S/C9H18N2O3S.C2HF3O2/c1-2-15-6-5-11-8(12)4-3-7(10)9(13)14;3-2(4,5)1(6)7/h7H,2-6,10H2,1H3,(H,11,12)(H,13,14);(H,6,7)/t7-;/m0./s1. The molecule has 0 aromatic rings. The first kappa shape index (κ1) is 22.8. The van der Waals surface area contributed by atoms with Crippen LogP contribution in [0.25, 0.3) is 0 Å². The summed E-state index contributed by atoms with van der Waals surface area (Å²) in [6.45, 7) is 2.68. The topological polar surface area (TPSA) is 130 Å². The number of hydrogen-bond acceptors (Lipinski definition) is 5. The van der Waals surface area contributed by atoms with E-state index >= 15 is 0 Å². The van der Waals surface area contributed by atoms with Crippen LogP contribution in [0, 0.1) is 0 Å². The maximum absolute atomic E-state index is 11.2. The number of rotatable bonds is 8. The van der Waals surface area contributed by atoms with Gasteiger partial charge in [0, 0.05) is 18.7 Å². The quantitative estimate of drug-likeness (QED) is 0.475. The van der Waals surface area contributed by atoms with Crippen molar-refractivity contribution >= 4 is 29.6 Å². The number of alkyl halides is 3. The number of carboxylic acids is 2. The van der Waals surface area contributed by atoms with Crippen LogP contribution in [0.3, 0.4) is 0 Å². The third-order valence-corrected chi connectivity index (χ3v) is 2.92. The first-order valence-corrected chi connectivity index (χ1v) is 7.30. The molecule has 11 heteroatoms. The van der Waals surface area contributed by atoms with E-state index < -0.39 is 24.2 Å². The molecule has 22 heavy (non-hydrogen) atoms. The van der Waals surface area contributed by atoms with Crippen LogP contribution >= 0.6 is 11.8 Å². The number of carboxylic acid groups (broad SMARTS) is 2. The summed E-state index contributed by atoms with van der Waals surface area (Å²) in [6, 6.07) is -0.944. The highest BCUT2D eigenvalue weighted by atomic mass is 32.2. The molecule has 0 radical (unpaired) electrons. The molecule has 0 spiro atoms. The van der Waals surface area contributed by atoms with Gasteiger partial charge in [-0.25, -0.2) is 4.79 Å². The summed E-state index contributed by atoms with van der Waals surface area (Å²) in [5.74, 6) is -2.05. The summed E-state index contributed by atoms with van der Waals surface area (Å²) in [5.41, 5.74) is 5.26. The Morgan fingerprint density at radius 3 is 2.14 bits per heavy atom. The second-order valence-corrected chi connectivity index (χ2v) is 5.23. The van der Waals surface area contributed by atoms with Gasteiger partial charge in [0.05, 0.1) is 0 Å². The zero-order valence-corrected chi connectivity index (χ0v) is 12.7. The third-order valence-electron chi connectivity index (χ3n) is 2.01. The molecule has 0 fully saturated rings. The van der Waals surface area contributed by atoms with Crippen LogP contribution in [-0.4, -0.2) is 58.3 Å². The molecule has 1 atom stereocenters. The zero-order valence-electron chi connectivity index (χ0n) is 11.9. The van der Waals surface area contributed by atoms with Gasteiger partial charge in [0.25, 0.3) is 0 Å². The van der Waals surface area contributed by atoms with Crippen molar-refractivity contribution in [3.05, 3.63) is 0 Å². The summed E-state index contributed by atoms with van der Waals surface area (Å²) in [4.78, 5) is 30.4. The molecule has 0 aromatic carbocycles. The minimum absolute atomic E-state index is 0.136. The Balaban J connectivity index is 0. The molecule has 5 N–H and O–H groups in total. The number of carbonyl (C=O) groups is 3. The highest BCUT2D eigenvalue weighted by molar-refractivity contribution is 7.99. The lowest BCUT2D eigenvalue weighted by molar-refractivity contribution is -0.192. The normalized spacial score (nSPS) is 11.9. The van der Waals surface area contributed by atoms with E-state index in [4.69, 9.17) is 20.7 Å². The van der Waals surface area contributed by atoms with Gasteiger partial charge in [0.15, 0.2) is 0 Å². The van der Waals surface area contributed by atoms with Crippen LogP contribution in [-0.2, 0) is 14.4 Å². The summed E-state index contributed by atoms with van der Waals surface area (Å²) < 4.78 is 31.7. The largest absolute Gasteiger partial charge is 0.490 e. The molecule has 0 aliphatic carbocycles. The number of amides is 1. The van der Waals surface area contributed by atoms with Crippen LogP contribution in [0.15, 0.2) is 0 Å². The number of thioether (sulfide) groups is 1. The molecule has 0 bridgehead atoms. The van der Waals surface area contributed by atoms with Gasteiger partial charge in [-0.2, -0.15) is 24.9 Å². The fourth-order valence-electron chi connectivity index (χ4n) is 0.905. The van der Waals surface area contributed by atoms with Gasteiger partial charge in [0.1, 0.15) is 6.04 Å². The van der Waals surface area contributed by atoms with Crippen molar-refractivity contribution in [3.63, 3.8) is 0 Å². The van der Waals surface area contributed by atoms with Crippen molar-refractivity contribution in [3.8, 4) is 0 Å². The first-order chi connectivity index (χ1) is 10.0. The summed E-state index contributed by atoms with van der Waals surface area (Å²) in [5, 5.41) is 18.3. The molecule has 0 aromatic heterocycles. The molecule has 0 unspecified atom stereocenters. The molecule has 0 saturated heterocycles. The maximum atomic E-state index is 11.2. The average molecular weight is 348 g/mol. The molecule has 7 nitrogen and oxygen atoms in total. The van der Waals surface area contributed by atoms with Crippen LogP contribution in [0.5, 0.6) is 0 Å². The maximum Gasteiger partial charge on any atom is 0.490 e. The van der Waals surface area contributed by atoms with Crippen LogP contribution in [0.2, 0.25) is 0 Å². The fourth-order valence-corrected chi connectivity index (χ4v) is 1.44. The molecule has 0 rings (SSSR count). The van der Waals surface area contributed by atoms with E-state index in [9.17, 15) is 22.8 Å². The lowest BCUT2D eigenvalue weighted by Gasteiger charge is -2.06. The van der Waals surface area contributed by atoms with E-state index in [0.29, 0.717) is 6.54 Å². The Hall–Kier alpha value is -1.49. The number of nitrogens with one attached hydrogen (secondary N) is 1. The Labute approximate surface area is 129 Å². The van der Waals surface area contributed by atoms with Crippen molar-refractivity contribution in [2.24, 2.45) is 5.73 Å². The van der Waals surface area contributed by atoms with Crippen molar-refractivity contribution in [1.29, 1.82) is 0 Å². The van der Waals surface area contributed by atoms with Gasteiger partial charge in [-0.05, 0) is 12.2 Å². The lowest BCUT2D eigenvalue weighted by Crippen LogP contribution is -2.33. The number of hydrogen-bond donors (Lipinski definition) is 4. The molecular weight excluding hydrogens is 329 g/mol. The molecule has 0 saturated carbocycles. The van der Waals surface area contributed by atoms with E-state index in [-0.39, 0.29) is 18.7 Å². The highest BCUT2D eigenvalue weighted by Gasteiger charge is 2.38. The first-order valence-electron chi connectivity index (χ1n) is 6.15. The molecule has 1 amide bonds. The molecule has 130 valence electrons. The van der Waals surface area contributed by atoms with E-state index in [1.54, 1.807) is 11.8 Å². The van der Waals surface area contributed by atoms with E-state index in [1.165, 1.54) is 0 Å². The number of nitrogens with two attached hydrogens (primary N) is 1. The molecule has 0 aliphatic rings. The second-order valence-electron chi connectivity index (χ2n) is 3.83. The minimum atomic E-state index is -5.08. The van der Waals surface area contributed by atoms with Gasteiger partial charge in [0.2, 0.25) is 5.91 Å². The number of halogens is 3. The highest BCUT2D eigenvalue weighted by Crippen LogP contribution is 2.13. The van der Waals surface area contributed by atoms with Gasteiger partial charge in [-0.1, -0.05) is 6.92 Å². The molecular formula is C11H19F3N2O5S. The monoisotopic (exact) mass is 348 g/mol. The van der Waals surface area contributed by atoms with Crippen molar-refractivity contribution in [1.82, 2.24) is 5.32 Å². The number of aliphatic carboxylic acids is 2. The van der Waals surface area contributed by atoms with Crippen LogP contribution < -0.4 is 11.1 Å². The van der Waals surface area contributed by atoms with Gasteiger partial charge in [-0.3, -0.25) is 9.59 Å². The van der Waals surface area contributed by atoms with Crippen LogP contribution in [0.1, 0.15) is 19.8 Å². The van der Waals surface area contributed by atoms with Gasteiger partial charge in [-0.15, -0.1) is 0 Å². The Morgan fingerprint density at radius 1 is 1.27 bits per heavy atom. The summed E-state index contributed by atoms with van der Waals surface area (Å²) in [7, 11) is 0. The average Bonchev–Trinajstić information content (AvgIpc) is 2.40. The van der Waals surface area contributed by atoms with E-state index in [1.807, 2.05) is 0 Å². The molecule has 0 aliphatic heterocycles. The predicted octanol–water partition coefficient (Wildman–Crippen LogP) is 0.681. The Morgan fingerprint density at radius 2 is 1.77 bits per heavy atom. The van der Waals surface area contributed by atoms with E-state index in [0.717, 1.165) is 11.5 Å². The number of carbonyl (C=O) groups excluding carboxylic acids is 1. The SMILES string of the molecule is CCSCCNC(=O)CC[C@H](N)C(=O)O.O=C(O)C(F)(F)F. The fraction of sp³-hybridized carbons (Fsp3) is 0.727. The smallest absolute Gasteiger partial charge is 0.480 e. The van der Waals surface area contributed by atoms with Crippen molar-refractivity contribution < 1.29 is 37.8 Å². The molecule has 0 heterocycles. The second kappa shape index (κ2) is 12.1. The Bertz CT molecular complexity index is 366. The van der Waals surface area contributed by atoms with E-state index in [2.05, 4.69) is 12.2 Å². The van der Waals surface area contributed by atoms with Crippen molar-refractivity contribution in [2.45, 2.75) is 32.0 Å².